The number of unbranched alkanes of at least 4 members (excludes halogenated alkanes) is 1. The van der Waals surface area contributed by atoms with Crippen LogP contribution in [0, 0.1) is 5.92 Å². The van der Waals surface area contributed by atoms with Gasteiger partial charge in [-0.15, -0.1) is 0 Å². The Balaban J connectivity index is 2.02. The Kier molecular flexibility index (Phi) is 7.01. The first-order valence-corrected chi connectivity index (χ1v) is 6.95. The summed E-state index contributed by atoms with van der Waals surface area (Å²) < 4.78 is 0. The molecule has 0 spiro atoms. The third-order valence-electron chi connectivity index (χ3n) is 3.69. The zero-order valence-corrected chi connectivity index (χ0v) is 11.1. The Morgan fingerprint density at radius 3 is 2.65 bits per heavy atom. The normalized spacial score (nSPS) is 19.7. The minimum absolute atomic E-state index is 0.353. The number of nitrogens with zero attached hydrogens (tertiary/aromatic N) is 2. The minimum Gasteiger partial charge on any atom is -0.409 e. The van der Waals surface area contributed by atoms with Crippen LogP contribution >= 0.6 is 0 Å². The summed E-state index contributed by atoms with van der Waals surface area (Å²) in [6, 6.07) is 0. The smallest absolute Gasteiger partial charge is 0.139 e. The van der Waals surface area contributed by atoms with E-state index in [1.807, 2.05) is 0 Å². The van der Waals surface area contributed by atoms with Gasteiger partial charge in [0, 0.05) is 6.42 Å². The molecule has 0 unspecified atom stereocenters. The molecule has 100 valence electrons. The molecule has 1 rings (SSSR count). The summed E-state index contributed by atoms with van der Waals surface area (Å²) in [5.41, 5.74) is 5.43. The average molecular weight is 241 g/mol. The molecular formula is C13H27N3O. The summed E-state index contributed by atoms with van der Waals surface area (Å²) >= 11 is 0. The molecule has 4 heteroatoms. The van der Waals surface area contributed by atoms with Crippen molar-refractivity contribution in [1.29, 1.82) is 0 Å². The number of oxime groups is 1. The van der Waals surface area contributed by atoms with E-state index in [-0.39, 0.29) is 0 Å². The number of rotatable bonds is 7. The van der Waals surface area contributed by atoms with Crippen LogP contribution in [0.2, 0.25) is 0 Å². The molecule has 1 fully saturated rings. The zero-order valence-electron chi connectivity index (χ0n) is 11.1. The van der Waals surface area contributed by atoms with Gasteiger partial charge in [-0.25, -0.2) is 0 Å². The molecule has 1 aliphatic heterocycles. The van der Waals surface area contributed by atoms with Gasteiger partial charge >= 0.3 is 0 Å². The molecule has 0 bridgehead atoms. The van der Waals surface area contributed by atoms with Crippen LogP contribution in [0.25, 0.3) is 0 Å². The molecule has 0 atom stereocenters. The SMILES string of the molecule is CCCC1CCN(CCCC/C(N)=N/O)CC1. The molecule has 0 saturated carbocycles. The van der Waals surface area contributed by atoms with Crippen molar-refractivity contribution < 1.29 is 5.21 Å². The number of hydrogen-bond donors (Lipinski definition) is 2. The maximum Gasteiger partial charge on any atom is 0.139 e. The van der Waals surface area contributed by atoms with Crippen molar-refractivity contribution in [3.05, 3.63) is 0 Å². The molecule has 1 saturated heterocycles. The van der Waals surface area contributed by atoms with Crippen molar-refractivity contribution in [2.75, 3.05) is 19.6 Å². The maximum absolute atomic E-state index is 8.42. The summed E-state index contributed by atoms with van der Waals surface area (Å²) in [5.74, 6) is 1.32. The fourth-order valence-electron chi connectivity index (χ4n) is 2.60. The van der Waals surface area contributed by atoms with Gasteiger partial charge in [0.1, 0.15) is 5.84 Å². The molecule has 0 radical (unpaired) electrons. The van der Waals surface area contributed by atoms with Gasteiger partial charge in [-0.2, -0.15) is 0 Å². The molecule has 0 aromatic carbocycles. The largest absolute Gasteiger partial charge is 0.409 e. The van der Waals surface area contributed by atoms with Crippen LogP contribution in [0.15, 0.2) is 5.16 Å². The third kappa shape index (κ3) is 5.91. The minimum atomic E-state index is 0.353. The van der Waals surface area contributed by atoms with E-state index in [0.29, 0.717) is 12.3 Å². The van der Waals surface area contributed by atoms with Crippen molar-refractivity contribution in [2.24, 2.45) is 16.8 Å². The molecule has 4 nitrogen and oxygen atoms in total. The molecule has 0 aromatic rings. The van der Waals surface area contributed by atoms with E-state index in [9.17, 15) is 0 Å². The number of nitrogens with two attached hydrogens (primary N) is 1. The second-order valence-electron chi connectivity index (χ2n) is 5.12. The standard InChI is InChI=1S/C13H27N3O/c1-2-5-12-7-10-16(11-8-12)9-4-3-6-13(14)15-17/h12,17H,2-11H2,1H3,(H2,14,15). The first-order chi connectivity index (χ1) is 8.26. The predicted octanol–water partition coefficient (Wildman–Crippen LogP) is 2.42. The first kappa shape index (κ1) is 14.3. The summed E-state index contributed by atoms with van der Waals surface area (Å²) in [6.45, 7) is 5.96. The van der Waals surface area contributed by atoms with Crippen LogP contribution in [0.5, 0.6) is 0 Å². The lowest BCUT2D eigenvalue weighted by atomic mass is 9.92. The van der Waals surface area contributed by atoms with Crippen LogP contribution in [0.3, 0.4) is 0 Å². The van der Waals surface area contributed by atoms with Gasteiger partial charge in [-0.3, -0.25) is 0 Å². The van der Waals surface area contributed by atoms with Gasteiger partial charge in [0.15, 0.2) is 0 Å². The molecular weight excluding hydrogens is 214 g/mol. The molecule has 0 amide bonds. The number of piperidine rings is 1. The predicted molar refractivity (Wildman–Crippen MR) is 71.3 cm³/mol. The lowest BCUT2D eigenvalue weighted by molar-refractivity contribution is 0.176. The van der Waals surface area contributed by atoms with E-state index in [2.05, 4.69) is 17.0 Å². The highest BCUT2D eigenvalue weighted by molar-refractivity contribution is 5.79. The van der Waals surface area contributed by atoms with E-state index in [1.54, 1.807) is 0 Å². The molecule has 0 aromatic heterocycles. The average Bonchev–Trinajstić information content (AvgIpc) is 2.36. The zero-order chi connectivity index (χ0) is 12.5. The molecule has 0 aliphatic carbocycles. The highest BCUT2D eigenvalue weighted by atomic mass is 16.4. The van der Waals surface area contributed by atoms with Crippen LogP contribution in [-0.4, -0.2) is 35.6 Å². The molecule has 1 heterocycles. The van der Waals surface area contributed by atoms with Gasteiger partial charge in [-0.1, -0.05) is 24.9 Å². The van der Waals surface area contributed by atoms with Gasteiger partial charge < -0.3 is 15.8 Å². The quantitative estimate of drug-likeness (QED) is 0.236. The molecule has 3 N–H and O–H groups in total. The topological polar surface area (TPSA) is 61.8 Å². The van der Waals surface area contributed by atoms with Crippen LogP contribution in [0.1, 0.15) is 51.9 Å². The highest BCUT2D eigenvalue weighted by Crippen LogP contribution is 2.21. The third-order valence-corrected chi connectivity index (χ3v) is 3.69. The van der Waals surface area contributed by atoms with Gasteiger partial charge in [0.2, 0.25) is 0 Å². The Morgan fingerprint density at radius 1 is 1.35 bits per heavy atom. The van der Waals surface area contributed by atoms with Crippen molar-refractivity contribution in [1.82, 2.24) is 4.90 Å². The summed E-state index contributed by atoms with van der Waals surface area (Å²) in [4.78, 5) is 2.55. The lowest BCUT2D eigenvalue weighted by Gasteiger charge is -2.31. The first-order valence-electron chi connectivity index (χ1n) is 6.95. The Hall–Kier alpha value is -0.770. The molecule has 1 aliphatic rings. The Morgan fingerprint density at radius 2 is 2.06 bits per heavy atom. The van der Waals surface area contributed by atoms with Crippen LogP contribution < -0.4 is 5.73 Å². The van der Waals surface area contributed by atoms with E-state index < -0.39 is 0 Å². The highest BCUT2D eigenvalue weighted by Gasteiger charge is 2.17. The van der Waals surface area contributed by atoms with Crippen molar-refractivity contribution in [3.63, 3.8) is 0 Å². The van der Waals surface area contributed by atoms with Crippen molar-refractivity contribution in [3.8, 4) is 0 Å². The van der Waals surface area contributed by atoms with E-state index >= 15 is 0 Å². The fraction of sp³-hybridized carbons (Fsp3) is 0.923. The van der Waals surface area contributed by atoms with Crippen LogP contribution in [0.4, 0.5) is 0 Å². The summed E-state index contributed by atoms with van der Waals surface area (Å²) in [5, 5.41) is 11.4. The number of amidine groups is 1. The number of likely N-dealkylation sites (tertiary alicyclic amines) is 1. The van der Waals surface area contributed by atoms with E-state index in [0.717, 1.165) is 25.3 Å². The van der Waals surface area contributed by atoms with Crippen LogP contribution in [-0.2, 0) is 0 Å². The maximum atomic E-state index is 8.42. The van der Waals surface area contributed by atoms with Gasteiger partial charge in [0.05, 0.1) is 0 Å². The summed E-state index contributed by atoms with van der Waals surface area (Å²) in [6.07, 6.45) is 8.34. The monoisotopic (exact) mass is 241 g/mol. The van der Waals surface area contributed by atoms with Crippen molar-refractivity contribution >= 4 is 5.84 Å². The molecule has 17 heavy (non-hydrogen) atoms. The fourth-order valence-corrected chi connectivity index (χ4v) is 2.60. The Bertz CT molecular complexity index is 223. The second kappa shape index (κ2) is 8.34. The summed E-state index contributed by atoms with van der Waals surface area (Å²) in [7, 11) is 0. The van der Waals surface area contributed by atoms with Gasteiger partial charge in [0.25, 0.3) is 0 Å². The van der Waals surface area contributed by atoms with Gasteiger partial charge in [-0.05, 0) is 51.2 Å². The second-order valence-corrected chi connectivity index (χ2v) is 5.12. The van der Waals surface area contributed by atoms with Crippen molar-refractivity contribution in [2.45, 2.75) is 51.9 Å². The Labute approximate surface area is 105 Å². The van der Waals surface area contributed by atoms with E-state index in [1.165, 1.54) is 38.8 Å². The van der Waals surface area contributed by atoms with E-state index in [4.69, 9.17) is 10.9 Å². The number of hydrogen-bond acceptors (Lipinski definition) is 3. The lowest BCUT2D eigenvalue weighted by Crippen LogP contribution is -2.34.